The van der Waals surface area contributed by atoms with Crippen LogP contribution in [0.25, 0.3) is 0 Å². The minimum atomic E-state index is 0.0679. The number of aryl methyl sites for hydroxylation is 1. The number of thiocarbonyl (C=S) groups is 1. The zero-order chi connectivity index (χ0) is 26.2. The maximum atomic E-state index is 13.2. The van der Waals surface area contributed by atoms with Gasteiger partial charge in [0.25, 0.3) is 11.5 Å². The van der Waals surface area contributed by atoms with Crippen LogP contribution in [0, 0.1) is 12.8 Å². The molecular formula is C30H33N5O2S. The van der Waals surface area contributed by atoms with Crippen LogP contribution in [0.5, 0.6) is 0 Å². The molecule has 3 aliphatic rings. The molecule has 1 aromatic heterocycles. The minimum Gasteiger partial charge on any atom is -0.369 e. The molecule has 2 aromatic carbocycles. The number of nitrogens with zero attached hydrogens (tertiary/aromatic N) is 3. The number of hydrogen-bond acceptors (Lipinski definition) is 4. The average Bonchev–Trinajstić information content (AvgIpc) is 3.45. The summed E-state index contributed by atoms with van der Waals surface area (Å²) < 4.78 is 1.95. The predicted octanol–water partition coefficient (Wildman–Crippen LogP) is 4.83. The number of pyridine rings is 1. The summed E-state index contributed by atoms with van der Waals surface area (Å²) >= 11 is 5.70. The summed E-state index contributed by atoms with van der Waals surface area (Å²) in [7, 11) is 0. The standard InChI is InChI=1S/C30H33N5O2S/c1-20-7-10-24(11-8-20)31-30(38)32-25-16-22(29(37)33-13-2-3-14-33)9-12-27(25)34-17-21-15-23(19-34)26-5-4-6-28(36)35(26)18-21/h4-12,16,21,23H,2-3,13-15,17-19H2,1H3,(H2,31,32,38)/t21-,23+/m1/s1. The lowest BCUT2D eigenvalue weighted by atomic mass is 9.83. The third kappa shape index (κ3) is 4.92. The molecule has 196 valence electrons. The number of amides is 1. The molecule has 1 amide bonds. The number of benzene rings is 2. The zero-order valence-corrected chi connectivity index (χ0v) is 22.5. The van der Waals surface area contributed by atoms with E-state index in [1.165, 1.54) is 5.56 Å². The summed E-state index contributed by atoms with van der Waals surface area (Å²) in [5.41, 5.74) is 5.82. The van der Waals surface area contributed by atoms with Crippen molar-refractivity contribution >= 4 is 40.3 Å². The van der Waals surface area contributed by atoms with Gasteiger partial charge in [0.1, 0.15) is 0 Å². The first-order valence-electron chi connectivity index (χ1n) is 13.5. The molecule has 38 heavy (non-hydrogen) atoms. The van der Waals surface area contributed by atoms with Gasteiger partial charge < -0.3 is 25.0 Å². The summed E-state index contributed by atoms with van der Waals surface area (Å²) in [5, 5.41) is 7.16. The molecule has 2 bridgehead atoms. The van der Waals surface area contributed by atoms with Crippen molar-refractivity contribution in [3.63, 3.8) is 0 Å². The Hall–Kier alpha value is -3.65. The fraction of sp³-hybridized carbons (Fsp3) is 0.367. The molecule has 3 aromatic rings. The highest BCUT2D eigenvalue weighted by Crippen LogP contribution is 2.39. The van der Waals surface area contributed by atoms with Crippen molar-refractivity contribution in [2.24, 2.45) is 5.92 Å². The maximum absolute atomic E-state index is 13.2. The van der Waals surface area contributed by atoms with Crippen molar-refractivity contribution in [1.82, 2.24) is 9.47 Å². The minimum absolute atomic E-state index is 0.0679. The van der Waals surface area contributed by atoms with E-state index in [-0.39, 0.29) is 17.4 Å². The predicted molar refractivity (Wildman–Crippen MR) is 156 cm³/mol. The van der Waals surface area contributed by atoms with Gasteiger partial charge in [0, 0.05) is 61.7 Å². The zero-order valence-electron chi connectivity index (χ0n) is 21.7. The normalized spacial score (nSPS) is 20.1. The van der Waals surface area contributed by atoms with Gasteiger partial charge >= 0.3 is 0 Å². The molecule has 2 atom stereocenters. The first-order valence-corrected chi connectivity index (χ1v) is 13.9. The monoisotopic (exact) mass is 527 g/mol. The van der Waals surface area contributed by atoms with E-state index < -0.39 is 0 Å². The lowest BCUT2D eigenvalue weighted by Crippen LogP contribution is -2.47. The van der Waals surface area contributed by atoms with Crippen LogP contribution < -0.4 is 21.1 Å². The number of hydrogen-bond donors (Lipinski definition) is 2. The molecule has 6 rings (SSSR count). The number of anilines is 3. The maximum Gasteiger partial charge on any atom is 0.253 e. The molecule has 0 unspecified atom stereocenters. The first-order chi connectivity index (χ1) is 18.4. The highest BCUT2D eigenvalue weighted by Gasteiger charge is 2.35. The largest absolute Gasteiger partial charge is 0.369 e. The molecule has 8 heteroatoms. The van der Waals surface area contributed by atoms with Crippen LogP contribution in [0.15, 0.2) is 65.5 Å². The van der Waals surface area contributed by atoms with E-state index >= 15 is 0 Å². The van der Waals surface area contributed by atoms with E-state index in [0.29, 0.717) is 16.6 Å². The quantitative estimate of drug-likeness (QED) is 0.474. The van der Waals surface area contributed by atoms with Gasteiger partial charge in [-0.05, 0) is 80.7 Å². The molecule has 4 heterocycles. The van der Waals surface area contributed by atoms with Crippen LogP contribution in [0.1, 0.15) is 46.8 Å². The number of fused-ring (bicyclic) bond motifs is 4. The second kappa shape index (κ2) is 10.3. The van der Waals surface area contributed by atoms with Crippen molar-refractivity contribution in [1.29, 1.82) is 0 Å². The molecule has 7 nitrogen and oxygen atoms in total. The van der Waals surface area contributed by atoms with Gasteiger partial charge in [-0.3, -0.25) is 9.59 Å². The molecule has 0 radical (unpaired) electrons. The second-order valence-corrected chi connectivity index (χ2v) is 11.2. The second-order valence-electron chi connectivity index (χ2n) is 10.8. The fourth-order valence-electron chi connectivity index (χ4n) is 6.16. The van der Waals surface area contributed by atoms with Gasteiger partial charge in [-0.15, -0.1) is 0 Å². The summed E-state index contributed by atoms with van der Waals surface area (Å²) in [5.74, 6) is 0.740. The van der Waals surface area contributed by atoms with Gasteiger partial charge in [0.05, 0.1) is 11.4 Å². The summed E-state index contributed by atoms with van der Waals surface area (Å²) in [6, 6.07) is 19.6. The van der Waals surface area contributed by atoms with E-state index in [1.807, 2.05) is 51.9 Å². The van der Waals surface area contributed by atoms with Crippen molar-refractivity contribution < 1.29 is 4.79 Å². The molecule has 2 N–H and O–H groups in total. The van der Waals surface area contributed by atoms with E-state index in [9.17, 15) is 9.59 Å². The third-order valence-electron chi connectivity index (χ3n) is 8.01. The van der Waals surface area contributed by atoms with E-state index in [0.717, 1.165) is 74.7 Å². The van der Waals surface area contributed by atoms with Gasteiger partial charge in [0.2, 0.25) is 0 Å². The van der Waals surface area contributed by atoms with Crippen molar-refractivity contribution in [3.05, 3.63) is 87.8 Å². The first kappa shape index (κ1) is 24.7. The van der Waals surface area contributed by atoms with Gasteiger partial charge in [-0.2, -0.15) is 0 Å². The molecule has 0 saturated carbocycles. The summed E-state index contributed by atoms with van der Waals surface area (Å²) in [4.78, 5) is 30.0. The van der Waals surface area contributed by atoms with Crippen LogP contribution in [-0.2, 0) is 6.54 Å². The third-order valence-corrected chi connectivity index (χ3v) is 8.22. The Morgan fingerprint density at radius 2 is 1.74 bits per heavy atom. The molecule has 2 fully saturated rings. The SMILES string of the molecule is Cc1ccc(NC(=S)Nc2cc(C(=O)N3CCCC3)ccc2N2C[C@H]3C[C@@H](C2)c2cccc(=O)n2C3)cc1. The van der Waals surface area contributed by atoms with Crippen LogP contribution >= 0.6 is 12.2 Å². The molecule has 0 aliphatic carbocycles. The highest BCUT2D eigenvalue weighted by atomic mass is 32.1. The highest BCUT2D eigenvalue weighted by molar-refractivity contribution is 7.80. The number of aromatic nitrogens is 1. The van der Waals surface area contributed by atoms with Crippen LogP contribution in [0.4, 0.5) is 17.1 Å². The van der Waals surface area contributed by atoms with Gasteiger partial charge in [-0.1, -0.05) is 23.8 Å². The number of carbonyl (C=O) groups is 1. The van der Waals surface area contributed by atoms with Crippen molar-refractivity contribution in [3.8, 4) is 0 Å². The average molecular weight is 528 g/mol. The van der Waals surface area contributed by atoms with Crippen LogP contribution in [-0.4, -0.2) is 46.7 Å². The number of nitrogens with one attached hydrogen (secondary N) is 2. The van der Waals surface area contributed by atoms with E-state index in [2.05, 4.69) is 34.6 Å². The van der Waals surface area contributed by atoms with Crippen molar-refractivity contribution in [2.45, 2.75) is 38.6 Å². The topological polar surface area (TPSA) is 69.6 Å². The number of piperidine rings is 1. The number of likely N-dealkylation sites (tertiary alicyclic amines) is 1. The van der Waals surface area contributed by atoms with Crippen LogP contribution in [0.3, 0.4) is 0 Å². The van der Waals surface area contributed by atoms with Crippen molar-refractivity contribution in [2.75, 3.05) is 41.7 Å². The number of rotatable bonds is 4. The molecular weight excluding hydrogens is 494 g/mol. The lowest BCUT2D eigenvalue weighted by Gasteiger charge is -2.44. The number of carbonyl (C=O) groups excluding carboxylic acids is 1. The Morgan fingerprint density at radius 3 is 2.53 bits per heavy atom. The Morgan fingerprint density at radius 1 is 0.947 bits per heavy atom. The van der Waals surface area contributed by atoms with Gasteiger partial charge in [0.15, 0.2) is 5.11 Å². The molecule has 3 aliphatic heterocycles. The Bertz CT molecular complexity index is 1430. The Balaban J connectivity index is 1.30. The van der Waals surface area contributed by atoms with Gasteiger partial charge in [-0.25, -0.2) is 0 Å². The summed E-state index contributed by atoms with van der Waals surface area (Å²) in [6.07, 6.45) is 3.20. The lowest BCUT2D eigenvalue weighted by molar-refractivity contribution is 0.0793. The fourth-order valence-corrected chi connectivity index (χ4v) is 6.39. The Kier molecular flexibility index (Phi) is 6.66. The smallest absolute Gasteiger partial charge is 0.253 e. The Labute approximate surface area is 228 Å². The summed E-state index contributed by atoms with van der Waals surface area (Å²) in [6.45, 7) is 6.08. The molecule has 0 spiro atoms. The van der Waals surface area contributed by atoms with Crippen LogP contribution in [0.2, 0.25) is 0 Å². The molecule has 2 saturated heterocycles. The van der Waals surface area contributed by atoms with E-state index in [4.69, 9.17) is 12.2 Å². The van der Waals surface area contributed by atoms with E-state index in [1.54, 1.807) is 6.07 Å².